The molecule has 2 aromatic rings. The molecule has 0 aliphatic rings. The van der Waals surface area contributed by atoms with E-state index in [1.54, 1.807) is 30.3 Å². The van der Waals surface area contributed by atoms with Crippen LogP contribution in [0, 0.1) is 10.1 Å². The van der Waals surface area contributed by atoms with E-state index in [1.807, 2.05) is 0 Å². The van der Waals surface area contributed by atoms with Crippen molar-refractivity contribution >= 4 is 44.4 Å². The fourth-order valence-corrected chi connectivity index (χ4v) is 2.53. The molecule has 0 radical (unpaired) electrons. The third kappa shape index (κ3) is 3.49. The van der Waals surface area contributed by atoms with Gasteiger partial charge in [-0.1, -0.05) is 23.5 Å². The zero-order chi connectivity index (χ0) is 14.5. The van der Waals surface area contributed by atoms with Crippen molar-refractivity contribution in [3.63, 3.8) is 0 Å². The SMILES string of the molecule is O=C(N/N=C\c1ccc([N+](=O)[O-])s1)c1ccccc1Br. The predicted octanol–water partition coefficient (Wildman–Crippen LogP) is 3.18. The highest BCUT2D eigenvalue weighted by atomic mass is 79.9. The number of hydrogen-bond acceptors (Lipinski definition) is 5. The zero-order valence-corrected chi connectivity index (χ0v) is 12.3. The van der Waals surface area contributed by atoms with Gasteiger partial charge in [0.05, 0.1) is 21.6 Å². The molecule has 0 saturated heterocycles. The molecule has 0 spiro atoms. The van der Waals surface area contributed by atoms with Crippen LogP contribution in [0.1, 0.15) is 15.2 Å². The number of benzene rings is 1. The molecule has 1 aromatic heterocycles. The summed E-state index contributed by atoms with van der Waals surface area (Å²) in [5.41, 5.74) is 2.82. The highest BCUT2D eigenvalue weighted by Gasteiger charge is 2.09. The van der Waals surface area contributed by atoms with Crippen LogP contribution in [0.4, 0.5) is 5.00 Å². The lowest BCUT2D eigenvalue weighted by Crippen LogP contribution is -2.17. The van der Waals surface area contributed by atoms with Crippen LogP contribution in [0.3, 0.4) is 0 Å². The maximum absolute atomic E-state index is 11.8. The summed E-state index contributed by atoms with van der Waals surface area (Å²) in [6.45, 7) is 0. The van der Waals surface area contributed by atoms with Crippen molar-refractivity contribution in [1.29, 1.82) is 0 Å². The van der Waals surface area contributed by atoms with E-state index in [-0.39, 0.29) is 10.9 Å². The van der Waals surface area contributed by atoms with Gasteiger partial charge in [-0.05, 0) is 34.1 Å². The first-order valence-electron chi connectivity index (χ1n) is 5.40. The van der Waals surface area contributed by atoms with Gasteiger partial charge in [-0.3, -0.25) is 14.9 Å². The van der Waals surface area contributed by atoms with E-state index in [4.69, 9.17) is 0 Å². The van der Waals surface area contributed by atoms with Crippen molar-refractivity contribution in [2.45, 2.75) is 0 Å². The smallest absolute Gasteiger partial charge is 0.267 e. The Bertz CT molecular complexity index is 684. The average molecular weight is 354 g/mol. The van der Waals surface area contributed by atoms with Crippen LogP contribution in [0.15, 0.2) is 46.0 Å². The van der Waals surface area contributed by atoms with Crippen LogP contribution in [0.5, 0.6) is 0 Å². The molecule has 0 fully saturated rings. The second-order valence-corrected chi connectivity index (χ2v) is 5.56. The van der Waals surface area contributed by atoms with Crippen LogP contribution in [0.25, 0.3) is 0 Å². The van der Waals surface area contributed by atoms with Crippen LogP contribution in [-0.4, -0.2) is 17.0 Å². The fourth-order valence-electron chi connectivity index (χ4n) is 1.37. The summed E-state index contributed by atoms with van der Waals surface area (Å²) in [6.07, 6.45) is 1.37. The summed E-state index contributed by atoms with van der Waals surface area (Å²) in [6, 6.07) is 9.91. The molecule has 1 aromatic carbocycles. The Morgan fingerprint density at radius 2 is 2.10 bits per heavy atom. The quantitative estimate of drug-likeness (QED) is 0.520. The van der Waals surface area contributed by atoms with Gasteiger partial charge in [-0.15, -0.1) is 0 Å². The van der Waals surface area contributed by atoms with Crippen molar-refractivity contribution in [3.8, 4) is 0 Å². The molecule has 8 heteroatoms. The number of nitrogens with zero attached hydrogens (tertiary/aromatic N) is 2. The lowest BCUT2D eigenvalue weighted by atomic mass is 10.2. The van der Waals surface area contributed by atoms with Gasteiger partial charge in [-0.25, -0.2) is 5.43 Å². The van der Waals surface area contributed by atoms with Crippen molar-refractivity contribution in [1.82, 2.24) is 5.43 Å². The molecule has 0 aliphatic carbocycles. The van der Waals surface area contributed by atoms with Crippen molar-refractivity contribution < 1.29 is 9.72 Å². The van der Waals surface area contributed by atoms with E-state index >= 15 is 0 Å². The summed E-state index contributed by atoms with van der Waals surface area (Å²) in [7, 11) is 0. The fraction of sp³-hybridized carbons (Fsp3) is 0. The number of rotatable bonds is 4. The van der Waals surface area contributed by atoms with Gasteiger partial charge in [0.2, 0.25) is 0 Å². The molecule has 0 saturated carbocycles. The van der Waals surface area contributed by atoms with Gasteiger partial charge in [0.1, 0.15) is 0 Å². The molecule has 1 heterocycles. The third-order valence-corrected chi connectivity index (χ3v) is 3.93. The van der Waals surface area contributed by atoms with Gasteiger partial charge in [0.15, 0.2) is 0 Å². The summed E-state index contributed by atoms with van der Waals surface area (Å²) in [4.78, 5) is 22.4. The lowest BCUT2D eigenvalue weighted by Gasteiger charge is -2.01. The number of hydrazone groups is 1. The number of amides is 1. The first-order chi connectivity index (χ1) is 9.58. The largest absolute Gasteiger partial charge is 0.324 e. The normalized spacial score (nSPS) is 10.7. The Hall–Kier alpha value is -2.06. The number of carbonyl (C=O) groups is 1. The van der Waals surface area contributed by atoms with Gasteiger partial charge < -0.3 is 0 Å². The molecule has 0 bridgehead atoms. The van der Waals surface area contributed by atoms with E-state index in [1.165, 1.54) is 12.3 Å². The number of halogens is 1. The molecule has 1 N–H and O–H groups in total. The molecule has 6 nitrogen and oxygen atoms in total. The van der Waals surface area contributed by atoms with E-state index in [0.717, 1.165) is 11.3 Å². The van der Waals surface area contributed by atoms with Gasteiger partial charge >= 0.3 is 5.00 Å². The maximum atomic E-state index is 11.8. The topological polar surface area (TPSA) is 84.6 Å². The summed E-state index contributed by atoms with van der Waals surface area (Å²) in [5.74, 6) is -0.361. The Labute approximate surface area is 126 Å². The monoisotopic (exact) mass is 353 g/mol. The van der Waals surface area contributed by atoms with E-state index < -0.39 is 4.92 Å². The third-order valence-electron chi connectivity index (χ3n) is 2.27. The minimum atomic E-state index is -0.471. The van der Waals surface area contributed by atoms with E-state index in [0.29, 0.717) is 14.9 Å². The first kappa shape index (κ1) is 14.4. The molecule has 1 amide bonds. The molecule has 0 atom stereocenters. The standard InChI is InChI=1S/C12H8BrN3O3S/c13-10-4-2-1-3-9(10)12(17)15-14-7-8-5-6-11(20-8)16(18)19/h1-7H,(H,15,17)/b14-7-. The molecule has 102 valence electrons. The van der Waals surface area contributed by atoms with Crippen molar-refractivity contribution in [2.75, 3.05) is 0 Å². The zero-order valence-electron chi connectivity index (χ0n) is 9.95. The Morgan fingerprint density at radius 3 is 2.75 bits per heavy atom. The van der Waals surface area contributed by atoms with Crippen LogP contribution in [0.2, 0.25) is 0 Å². The minimum Gasteiger partial charge on any atom is -0.267 e. The molecule has 0 unspecified atom stereocenters. The van der Waals surface area contributed by atoms with E-state index in [2.05, 4.69) is 26.5 Å². The Kier molecular flexibility index (Phi) is 4.59. The van der Waals surface area contributed by atoms with Crippen LogP contribution >= 0.6 is 27.3 Å². The van der Waals surface area contributed by atoms with E-state index in [9.17, 15) is 14.9 Å². The number of thiophene rings is 1. The molecule has 20 heavy (non-hydrogen) atoms. The molecular weight excluding hydrogens is 346 g/mol. The number of nitro groups is 1. The van der Waals surface area contributed by atoms with Crippen molar-refractivity contribution in [3.05, 3.63) is 61.4 Å². The van der Waals surface area contributed by atoms with Gasteiger partial charge in [0.25, 0.3) is 5.91 Å². The Balaban J connectivity index is 2.01. The Morgan fingerprint density at radius 1 is 1.35 bits per heavy atom. The highest BCUT2D eigenvalue weighted by molar-refractivity contribution is 9.10. The number of hydrogen-bond donors (Lipinski definition) is 1. The van der Waals surface area contributed by atoms with Gasteiger partial charge in [-0.2, -0.15) is 5.10 Å². The average Bonchev–Trinajstić information content (AvgIpc) is 2.88. The second kappa shape index (κ2) is 6.40. The maximum Gasteiger partial charge on any atom is 0.324 e. The molecular formula is C12H8BrN3O3S. The molecule has 0 aliphatic heterocycles. The number of carbonyl (C=O) groups excluding carboxylic acids is 1. The minimum absolute atomic E-state index is 0.0311. The second-order valence-electron chi connectivity index (χ2n) is 3.61. The predicted molar refractivity (Wildman–Crippen MR) is 80.2 cm³/mol. The summed E-state index contributed by atoms with van der Waals surface area (Å²) < 4.78 is 0.666. The van der Waals surface area contributed by atoms with Crippen LogP contribution < -0.4 is 5.43 Å². The van der Waals surface area contributed by atoms with Crippen LogP contribution in [-0.2, 0) is 0 Å². The highest BCUT2D eigenvalue weighted by Crippen LogP contribution is 2.22. The van der Waals surface area contributed by atoms with Crippen molar-refractivity contribution in [2.24, 2.45) is 5.10 Å². The lowest BCUT2D eigenvalue weighted by molar-refractivity contribution is -0.380. The summed E-state index contributed by atoms with van der Waals surface area (Å²) in [5, 5.41) is 14.3. The van der Waals surface area contributed by atoms with Gasteiger partial charge in [0, 0.05) is 10.5 Å². The first-order valence-corrected chi connectivity index (χ1v) is 7.01. The summed E-state index contributed by atoms with van der Waals surface area (Å²) >= 11 is 4.25. The number of nitrogens with one attached hydrogen (secondary N) is 1. The molecule has 2 rings (SSSR count).